The van der Waals surface area contributed by atoms with E-state index in [1.807, 2.05) is 68.0 Å². The molecule has 32 heavy (non-hydrogen) atoms. The topological polar surface area (TPSA) is 85.2 Å². The molecule has 0 saturated heterocycles. The van der Waals surface area contributed by atoms with E-state index < -0.39 is 6.04 Å². The molecule has 0 spiro atoms. The van der Waals surface area contributed by atoms with Gasteiger partial charge in [0.15, 0.2) is 0 Å². The van der Waals surface area contributed by atoms with Gasteiger partial charge in [-0.25, -0.2) is 4.68 Å². The number of carbonyl (C=O) groups is 2. The molecule has 3 aromatic rings. The largest absolute Gasteiger partial charge is 0.493 e. The minimum absolute atomic E-state index is 0.0703. The summed E-state index contributed by atoms with van der Waals surface area (Å²) in [6.45, 7) is 6.58. The zero-order chi connectivity index (χ0) is 22.9. The molecule has 0 fully saturated rings. The lowest BCUT2D eigenvalue weighted by Crippen LogP contribution is -2.50. The molecule has 2 N–H and O–H groups in total. The molecule has 0 aliphatic rings. The Hall–Kier alpha value is -3.61. The van der Waals surface area contributed by atoms with E-state index in [-0.39, 0.29) is 17.7 Å². The number of nitrogens with one attached hydrogen (secondary N) is 2. The number of para-hydroxylation sites is 2. The third-order valence-corrected chi connectivity index (χ3v) is 5.04. The lowest BCUT2D eigenvalue weighted by atomic mass is 10.0. The van der Waals surface area contributed by atoms with Gasteiger partial charge < -0.3 is 15.4 Å². The molecule has 1 aromatic heterocycles. The summed E-state index contributed by atoms with van der Waals surface area (Å²) in [7, 11) is 0. The van der Waals surface area contributed by atoms with Gasteiger partial charge in [0, 0.05) is 12.7 Å². The maximum Gasteiger partial charge on any atom is 0.255 e. The molecule has 1 atom stereocenters. The van der Waals surface area contributed by atoms with Gasteiger partial charge in [-0.1, -0.05) is 44.2 Å². The predicted octanol–water partition coefficient (Wildman–Crippen LogP) is 3.38. The third kappa shape index (κ3) is 5.97. The maximum absolute atomic E-state index is 12.8. The molecule has 2 amide bonds. The van der Waals surface area contributed by atoms with Crippen LogP contribution in [0.5, 0.6) is 5.75 Å². The lowest BCUT2D eigenvalue weighted by molar-refractivity contribution is -0.123. The van der Waals surface area contributed by atoms with Crippen molar-refractivity contribution in [2.75, 3.05) is 13.2 Å². The van der Waals surface area contributed by atoms with Crippen molar-refractivity contribution in [1.29, 1.82) is 0 Å². The number of hydrogen-bond donors (Lipinski definition) is 2. The molecule has 0 saturated carbocycles. The second-order valence-electron chi connectivity index (χ2n) is 7.79. The maximum atomic E-state index is 12.8. The number of amides is 2. The van der Waals surface area contributed by atoms with Gasteiger partial charge in [0.05, 0.1) is 24.1 Å². The van der Waals surface area contributed by atoms with Gasteiger partial charge >= 0.3 is 0 Å². The molecule has 0 bridgehead atoms. The number of rotatable bonds is 10. The first-order valence-corrected chi connectivity index (χ1v) is 10.9. The number of carbonyl (C=O) groups excluding carboxylic acids is 2. The summed E-state index contributed by atoms with van der Waals surface area (Å²) in [6.07, 6.45) is 4.39. The second-order valence-corrected chi connectivity index (χ2v) is 7.79. The van der Waals surface area contributed by atoms with E-state index >= 15 is 0 Å². The van der Waals surface area contributed by atoms with Crippen LogP contribution in [0.1, 0.15) is 36.7 Å². The molecule has 3 rings (SSSR count). The summed E-state index contributed by atoms with van der Waals surface area (Å²) in [6, 6.07) is 16.2. The van der Waals surface area contributed by atoms with E-state index in [9.17, 15) is 9.59 Å². The number of aromatic nitrogens is 2. The van der Waals surface area contributed by atoms with E-state index in [1.54, 1.807) is 24.4 Å². The minimum atomic E-state index is -0.649. The first-order chi connectivity index (χ1) is 15.5. The highest BCUT2D eigenvalue weighted by Gasteiger charge is 2.25. The van der Waals surface area contributed by atoms with Crippen molar-refractivity contribution in [3.05, 3.63) is 78.1 Å². The highest BCUT2D eigenvalue weighted by molar-refractivity contribution is 5.99. The van der Waals surface area contributed by atoms with Crippen LogP contribution in [0.4, 0.5) is 0 Å². The number of nitrogens with zero attached hydrogens (tertiary/aromatic N) is 2. The third-order valence-electron chi connectivity index (χ3n) is 5.04. The molecule has 0 radical (unpaired) electrons. The van der Waals surface area contributed by atoms with Gasteiger partial charge in [-0.3, -0.25) is 9.59 Å². The molecule has 2 aromatic carbocycles. The van der Waals surface area contributed by atoms with Gasteiger partial charge in [-0.15, -0.1) is 0 Å². The van der Waals surface area contributed by atoms with E-state index in [1.165, 1.54) is 0 Å². The van der Waals surface area contributed by atoms with Gasteiger partial charge in [0.25, 0.3) is 5.91 Å². The summed E-state index contributed by atoms with van der Waals surface area (Å²) in [5.74, 6) is -0.102. The summed E-state index contributed by atoms with van der Waals surface area (Å²) in [4.78, 5) is 25.6. The van der Waals surface area contributed by atoms with Crippen LogP contribution < -0.4 is 15.4 Å². The van der Waals surface area contributed by atoms with Crippen LogP contribution in [0.15, 0.2) is 67.0 Å². The van der Waals surface area contributed by atoms with E-state index in [2.05, 4.69) is 15.7 Å². The lowest BCUT2D eigenvalue weighted by Gasteiger charge is -2.22. The molecule has 168 valence electrons. The molecule has 7 nitrogen and oxygen atoms in total. The fourth-order valence-corrected chi connectivity index (χ4v) is 3.34. The Morgan fingerprint density at radius 3 is 2.50 bits per heavy atom. The summed E-state index contributed by atoms with van der Waals surface area (Å²) in [5, 5.41) is 10.2. The minimum Gasteiger partial charge on any atom is -0.493 e. The highest BCUT2D eigenvalue weighted by Crippen LogP contribution is 2.18. The van der Waals surface area contributed by atoms with Crippen LogP contribution in [0, 0.1) is 5.92 Å². The smallest absolute Gasteiger partial charge is 0.255 e. The van der Waals surface area contributed by atoms with Crippen molar-refractivity contribution in [2.45, 2.75) is 33.2 Å². The monoisotopic (exact) mass is 434 g/mol. The Morgan fingerprint density at radius 2 is 1.78 bits per heavy atom. The normalized spacial score (nSPS) is 11.8. The van der Waals surface area contributed by atoms with Crippen molar-refractivity contribution in [3.8, 4) is 11.4 Å². The molecule has 7 heteroatoms. The molecular weight excluding hydrogens is 404 g/mol. The average Bonchev–Trinajstić information content (AvgIpc) is 3.27. The summed E-state index contributed by atoms with van der Waals surface area (Å²) < 4.78 is 7.35. The van der Waals surface area contributed by atoms with Crippen molar-refractivity contribution in [2.24, 2.45) is 5.92 Å². The van der Waals surface area contributed by atoms with Crippen LogP contribution in [0.2, 0.25) is 0 Å². The van der Waals surface area contributed by atoms with Gasteiger partial charge in [-0.05, 0) is 49.1 Å². The Morgan fingerprint density at radius 1 is 1.06 bits per heavy atom. The van der Waals surface area contributed by atoms with Crippen LogP contribution in [-0.4, -0.2) is 40.8 Å². The first-order valence-electron chi connectivity index (χ1n) is 10.9. The molecule has 0 aliphatic carbocycles. The Labute approximate surface area is 188 Å². The van der Waals surface area contributed by atoms with Crippen LogP contribution in [0.25, 0.3) is 5.69 Å². The van der Waals surface area contributed by atoms with Crippen molar-refractivity contribution < 1.29 is 14.3 Å². The second kappa shape index (κ2) is 11.1. The quantitative estimate of drug-likeness (QED) is 0.512. The summed E-state index contributed by atoms with van der Waals surface area (Å²) >= 11 is 0. The van der Waals surface area contributed by atoms with Crippen molar-refractivity contribution >= 4 is 11.8 Å². The zero-order valence-electron chi connectivity index (χ0n) is 18.7. The Kier molecular flexibility index (Phi) is 8.02. The number of benzene rings is 2. The van der Waals surface area contributed by atoms with E-state index in [0.29, 0.717) is 30.9 Å². The number of hydrogen-bond acceptors (Lipinski definition) is 4. The Balaban J connectivity index is 1.57. The number of ether oxygens (including phenoxy) is 1. The van der Waals surface area contributed by atoms with E-state index in [4.69, 9.17) is 4.74 Å². The van der Waals surface area contributed by atoms with Gasteiger partial charge in [-0.2, -0.15) is 5.10 Å². The average molecular weight is 435 g/mol. The standard InChI is InChI=1S/C25H30N4O3/c1-4-32-22-13-9-8-12-21(22)24(30)28-23(18(2)3)25(31)26-15-14-19-16-27-29(17-19)20-10-6-5-7-11-20/h5-13,16-18,23H,4,14-15H2,1-3H3,(H,26,31)(H,28,30). The summed E-state index contributed by atoms with van der Waals surface area (Å²) in [5.41, 5.74) is 2.42. The van der Waals surface area contributed by atoms with Gasteiger partial charge in [0.2, 0.25) is 5.91 Å². The Bertz CT molecular complexity index is 1030. The van der Waals surface area contributed by atoms with Crippen molar-refractivity contribution in [3.63, 3.8) is 0 Å². The van der Waals surface area contributed by atoms with Crippen LogP contribution in [0.3, 0.4) is 0 Å². The molecule has 1 unspecified atom stereocenters. The fraction of sp³-hybridized carbons (Fsp3) is 0.320. The van der Waals surface area contributed by atoms with Crippen molar-refractivity contribution in [1.82, 2.24) is 20.4 Å². The first kappa shape index (κ1) is 23.1. The van der Waals surface area contributed by atoms with Crippen LogP contribution in [-0.2, 0) is 11.2 Å². The van der Waals surface area contributed by atoms with E-state index in [0.717, 1.165) is 11.3 Å². The molecule has 1 heterocycles. The fourth-order valence-electron chi connectivity index (χ4n) is 3.34. The highest BCUT2D eigenvalue weighted by atomic mass is 16.5. The predicted molar refractivity (Wildman–Crippen MR) is 124 cm³/mol. The molecular formula is C25H30N4O3. The SMILES string of the molecule is CCOc1ccccc1C(=O)NC(C(=O)NCCc1cnn(-c2ccccc2)c1)C(C)C. The van der Waals surface area contributed by atoms with Gasteiger partial charge in [0.1, 0.15) is 11.8 Å². The molecule has 0 aliphatic heterocycles. The zero-order valence-corrected chi connectivity index (χ0v) is 18.7. The van der Waals surface area contributed by atoms with Crippen LogP contribution >= 0.6 is 0 Å².